The standard InChI is InChI=1S/C13H10BrF2NO/c14-8-4-5-13(12(17)6-8)18-7-9-10(15)2-1-3-11(9)16/h1-6H,7,17H2. The second-order valence-corrected chi connectivity index (χ2v) is 4.59. The van der Waals surface area contributed by atoms with Crippen LogP contribution < -0.4 is 10.5 Å². The summed E-state index contributed by atoms with van der Waals surface area (Å²) in [6.45, 7) is -0.204. The van der Waals surface area contributed by atoms with Gasteiger partial charge in [0.15, 0.2) is 0 Å². The SMILES string of the molecule is Nc1cc(Br)ccc1OCc1c(F)cccc1F. The normalized spacial score (nSPS) is 10.4. The largest absolute Gasteiger partial charge is 0.487 e. The number of rotatable bonds is 3. The first-order valence-corrected chi connectivity index (χ1v) is 5.98. The van der Waals surface area contributed by atoms with Gasteiger partial charge in [0.25, 0.3) is 0 Å². The van der Waals surface area contributed by atoms with Gasteiger partial charge in [0.1, 0.15) is 24.0 Å². The molecule has 94 valence electrons. The minimum Gasteiger partial charge on any atom is -0.487 e. The molecule has 0 aromatic heterocycles. The summed E-state index contributed by atoms with van der Waals surface area (Å²) in [4.78, 5) is 0. The topological polar surface area (TPSA) is 35.2 Å². The van der Waals surface area contributed by atoms with Gasteiger partial charge in [-0.1, -0.05) is 22.0 Å². The Bertz CT molecular complexity index is 555. The summed E-state index contributed by atoms with van der Waals surface area (Å²) in [5.74, 6) is -0.878. The number of ether oxygens (including phenoxy) is 1. The van der Waals surface area contributed by atoms with Crippen molar-refractivity contribution in [3.8, 4) is 5.75 Å². The van der Waals surface area contributed by atoms with E-state index in [1.807, 2.05) is 0 Å². The molecular formula is C13H10BrF2NO. The maximum Gasteiger partial charge on any atom is 0.142 e. The van der Waals surface area contributed by atoms with Crippen molar-refractivity contribution in [1.82, 2.24) is 0 Å². The van der Waals surface area contributed by atoms with Crippen LogP contribution in [0.5, 0.6) is 5.75 Å². The van der Waals surface area contributed by atoms with Crippen molar-refractivity contribution in [2.45, 2.75) is 6.61 Å². The first-order valence-electron chi connectivity index (χ1n) is 5.18. The molecule has 0 bridgehead atoms. The molecule has 0 aliphatic heterocycles. The molecule has 0 aliphatic carbocycles. The Hall–Kier alpha value is -1.62. The zero-order valence-electron chi connectivity index (χ0n) is 9.29. The van der Waals surface area contributed by atoms with E-state index >= 15 is 0 Å². The smallest absolute Gasteiger partial charge is 0.142 e. The molecule has 2 N–H and O–H groups in total. The molecule has 0 fully saturated rings. The Labute approximate surface area is 112 Å². The molecular weight excluding hydrogens is 304 g/mol. The summed E-state index contributed by atoms with van der Waals surface area (Å²) in [6.07, 6.45) is 0. The van der Waals surface area contributed by atoms with Crippen LogP contribution in [0, 0.1) is 11.6 Å². The third-order valence-electron chi connectivity index (χ3n) is 2.41. The highest BCUT2D eigenvalue weighted by atomic mass is 79.9. The van der Waals surface area contributed by atoms with E-state index < -0.39 is 11.6 Å². The summed E-state index contributed by atoms with van der Waals surface area (Å²) < 4.78 is 32.8. The first kappa shape index (κ1) is 12.8. The number of anilines is 1. The molecule has 18 heavy (non-hydrogen) atoms. The van der Waals surface area contributed by atoms with E-state index in [2.05, 4.69) is 15.9 Å². The summed E-state index contributed by atoms with van der Waals surface area (Å²) in [7, 11) is 0. The average molecular weight is 314 g/mol. The summed E-state index contributed by atoms with van der Waals surface area (Å²) >= 11 is 3.26. The Balaban J connectivity index is 2.16. The molecule has 0 aliphatic rings. The Kier molecular flexibility index (Phi) is 3.81. The lowest BCUT2D eigenvalue weighted by Crippen LogP contribution is -2.03. The van der Waals surface area contributed by atoms with Gasteiger partial charge in [0, 0.05) is 4.47 Å². The molecule has 0 saturated carbocycles. The maximum absolute atomic E-state index is 13.4. The van der Waals surface area contributed by atoms with Gasteiger partial charge in [-0.05, 0) is 30.3 Å². The Morgan fingerprint density at radius 3 is 2.39 bits per heavy atom. The molecule has 0 atom stereocenters. The summed E-state index contributed by atoms with van der Waals surface area (Å²) in [5, 5.41) is 0. The van der Waals surface area contributed by atoms with Crippen LogP contribution in [0.3, 0.4) is 0 Å². The molecule has 0 unspecified atom stereocenters. The van der Waals surface area contributed by atoms with Crippen molar-refractivity contribution in [1.29, 1.82) is 0 Å². The lowest BCUT2D eigenvalue weighted by Gasteiger charge is -2.10. The number of hydrogen-bond acceptors (Lipinski definition) is 2. The van der Waals surface area contributed by atoms with Crippen molar-refractivity contribution in [3.05, 3.63) is 58.1 Å². The van der Waals surface area contributed by atoms with Crippen LogP contribution in [0.1, 0.15) is 5.56 Å². The highest BCUT2D eigenvalue weighted by Gasteiger charge is 2.10. The lowest BCUT2D eigenvalue weighted by molar-refractivity contribution is 0.294. The fourth-order valence-corrected chi connectivity index (χ4v) is 1.85. The van der Waals surface area contributed by atoms with E-state index in [1.165, 1.54) is 18.2 Å². The zero-order chi connectivity index (χ0) is 13.1. The van der Waals surface area contributed by atoms with Gasteiger partial charge < -0.3 is 10.5 Å². The van der Waals surface area contributed by atoms with E-state index in [-0.39, 0.29) is 12.2 Å². The van der Waals surface area contributed by atoms with Crippen LogP contribution in [0.4, 0.5) is 14.5 Å². The van der Waals surface area contributed by atoms with E-state index in [9.17, 15) is 8.78 Å². The molecule has 2 aromatic carbocycles. The minimum absolute atomic E-state index is 0.111. The third-order valence-corrected chi connectivity index (χ3v) is 2.90. The van der Waals surface area contributed by atoms with E-state index in [0.717, 1.165) is 4.47 Å². The van der Waals surface area contributed by atoms with Gasteiger partial charge in [0.2, 0.25) is 0 Å². The lowest BCUT2D eigenvalue weighted by atomic mass is 10.2. The van der Waals surface area contributed by atoms with Crippen molar-refractivity contribution in [2.75, 3.05) is 5.73 Å². The van der Waals surface area contributed by atoms with Gasteiger partial charge in [0.05, 0.1) is 11.3 Å². The predicted molar refractivity (Wildman–Crippen MR) is 69.2 cm³/mol. The van der Waals surface area contributed by atoms with Crippen LogP contribution in [0.2, 0.25) is 0 Å². The molecule has 2 aromatic rings. The highest BCUT2D eigenvalue weighted by molar-refractivity contribution is 9.10. The van der Waals surface area contributed by atoms with Crippen LogP contribution in [-0.2, 0) is 6.61 Å². The Morgan fingerprint density at radius 1 is 1.11 bits per heavy atom. The minimum atomic E-state index is -0.634. The van der Waals surface area contributed by atoms with Gasteiger partial charge in [-0.25, -0.2) is 8.78 Å². The van der Waals surface area contributed by atoms with Crippen LogP contribution in [-0.4, -0.2) is 0 Å². The molecule has 0 heterocycles. The molecule has 0 radical (unpaired) electrons. The predicted octanol–water partition coefficient (Wildman–Crippen LogP) is 3.89. The number of nitrogen functional groups attached to an aromatic ring is 1. The molecule has 2 rings (SSSR count). The molecule has 5 heteroatoms. The van der Waals surface area contributed by atoms with Crippen LogP contribution in [0.15, 0.2) is 40.9 Å². The third kappa shape index (κ3) is 2.79. The van der Waals surface area contributed by atoms with E-state index in [4.69, 9.17) is 10.5 Å². The number of halogens is 3. The highest BCUT2D eigenvalue weighted by Crippen LogP contribution is 2.26. The van der Waals surface area contributed by atoms with Gasteiger partial charge in [-0.15, -0.1) is 0 Å². The van der Waals surface area contributed by atoms with E-state index in [0.29, 0.717) is 11.4 Å². The van der Waals surface area contributed by atoms with Crippen molar-refractivity contribution in [3.63, 3.8) is 0 Å². The van der Waals surface area contributed by atoms with Gasteiger partial charge in [-0.2, -0.15) is 0 Å². The number of benzene rings is 2. The van der Waals surface area contributed by atoms with Crippen LogP contribution in [0.25, 0.3) is 0 Å². The van der Waals surface area contributed by atoms with Crippen LogP contribution >= 0.6 is 15.9 Å². The number of hydrogen-bond donors (Lipinski definition) is 1. The molecule has 2 nitrogen and oxygen atoms in total. The van der Waals surface area contributed by atoms with E-state index in [1.54, 1.807) is 18.2 Å². The maximum atomic E-state index is 13.4. The van der Waals surface area contributed by atoms with Gasteiger partial charge >= 0.3 is 0 Å². The monoisotopic (exact) mass is 313 g/mol. The fraction of sp³-hybridized carbons (Fsp3) is 0.0769. The summed E-state index contributed by atoms with van der Waals surface area (Å²) in [6, 6.07) is 8.72. The molecule has 0 amide bonds. The molecule has 0 spiro atoms. The average Bonchev–Trinajstić information content (AvgIpc) is 2.31. The number of nitrogens with two attached hydrogens (primary N) is 1. The van der Waals surface area contributed by atoms with Crippen molar-refractivity contribution < 1.29 is 13.5 Å². The quantitative estimate of drug-likeness (QED) is 0.873. The second-order valence-electron chi connectivity index (χ2n) is 3.67. The first-order chi connectivity index (χ1) is 8.58. The Morgan fingerprint density at radius 2 is 1.78 bits per heavy atom. The van der Waals surface area contributed by atoms with Crippen molar-refractivity contribution in [2.24, 2.45) is 0 Å². The second kappa shape index (κ2) is 5.35. The van der Waals surface area contributed by atoms with Crippen molar-refractivity contribution >= 4 is 21.6 Å². The summed E-state index contributed by atoms with van der Waals surface area (Å²) in [5.41, 5.74) is 6.01. The fourth-order valence-electron chi connectivity index (χ4n) is 1.47. The molecule has 0 saturated heterocycles. The van der Waals surface area contributed by atoms with Gasteiger partial charge in [-0.3, -0.25) is 0 Å². The zero-order valence-corrected chi connectivity index (χ0v) is 10.9.